The predicted octanol–water partition coefficient (Wildman–Crippen LogP) is 1.56. The minimum Gasteiger partial charge on any atom is -0.392 e. The molecule has 8 heteroatoms. The highest BCUT2D eigenvalue weighted by Crippen LogP contribution is 2.50. The smallest absolute Gasteiger partial charge is 0.240 e. The van der Waals surface area contributed by atoms with Crippen LogP contribution >= 0.6 is 0 Å². The molecule has 1 saturated carbocycles. The van der Waals surface area contributed by atoms with Gasteiger partial charge < -0.3 is 5.11 Å². The molecule has 2 rings (SSSR count). The number of aliphatic hydroxyl groups is 1. The summed E-state index contributed by atoms with van der Waals surface area (Å²) in [6.45, 7) is 5.54. The van der Waals surface area contributed by atoms with Gasteiger partial charge in [0.2, 0.25) is 10.0 Å². The number of rotatable bonds is 8. The van der Waals surface area contributed by atoms with Gasteiger partial charge in [0.05, 0.1) is 21.6 Å². The molecule has 24 heavy (non-hydrogen) atoms. The number of sulfonamides is 1. The summed E-state index contributed by atoms with van der Waals surface area (Å²) in [5.74, 6) is 0.0305. The van der Waals surface area contributed by atoms with Crippen molar-refractivity contribution < 1.29 is 21.9 Å². The van der Waals surface area contributed by atoms with E-state index in [0.29, 0.717) is 0 Å². The van der Waals surface area contributed by atoms with Crippen LogP contribution in [0.4, 0.5) is 0 Å². The Morgan fingerprint density at radius 2 is 1.58 bits per heavy atom. The van der Waals surface area contributed by atoms with Crippen molar-refractivity contribution in [3.63, 3.8) is 0 Å². The second-order valence-electron chi connectivity index (χ2n) is 6.75. The molecule has 0 spiro atoms. The summed E-state index contributed by atoms with van der Waals surface area (Å²) in [5.41, 5.74) is -0.382. The molecule has 0 aliphatic heterocycles. The van der Waals surface area contributed by atoms with Gasteiger partial charge in [-0.1, -0.05) is 20.8 Å². The van der Waals surface area contributed by atoms with Gasteiger partial charge in [0.1, 0.15) is 0 Å². The molecule has 1 aromatic rings. The highest BCUT2D eigenvalue weighted by Gasteiger charge is 2.50. The van der Waals surface area contributed by atoms with Gasteiger partial charge in [-0.05, 0) is 43.0 Å². The number of hydrogen-bond donors (Lipinski definition) is 2. The second-order valence-corrected chi connectivity index (χ2v) is 10.8. The Hall–Kier alpha value is -0.960. The monoisotopic (exact) mass is 375 g/mol. The summed E-state index contributed by atoms with van der Waals surface area (Å²) in [6.07, 6.45) is 1.04. The fraction of sp³-hybridized carbons (Fsp3) is 0.625. The van der Waals surface area contributed by atoms with E-state index in [9.17, 15) is 21.9 Å². The summed E-state index contributed by atoms with van der Waals surface area (Å²) < 4.78 is 50.9. The third-order valence-electron chi connectivity index (χ3n) is 4.64. The summed E-state index contributed by atoms with van der Waals surface area (Å²) in [6, 6.07) is 5.21. The molecule has 1 aromatic carbocycles. The van der Waals surface area contributed by atoms with E-state index >= 15 is 0 Å². The molecule has 0 bridgehead atoms. The Bertz CT molecular complexity index is 778. The van der Waals surface area contributed by atoms with Crippen molar-refractivity contribution in [2.45, 2.75) is 49.5 Å². The minimum absolute atomic E-state index is 0.0207. The number of hydrogen-bond acceptors (Lipinski definition) is 5. The van der Waals surface area contributed by atoms with Gasteiger partial charge >= 0.3 is 0 Å². The van der Waals surface area contributed by atoms with Crippen LogP contribution in [-0.2, 0) is 19.9 Å². The summed E-state index contributed by atoms with van der Waals surface area (Å²) in [7, 11) is -7.09. The minimum atomic E-state index is -3.74. The molecule has 0 aromatic heterocycles. The third kappa shape index (κ3) is 3.99. The van der Waals surface area contributed by atoms with Gasteiger partial charge in [0, 0.05) is 12.0 Å². The van der Waals surface area contributed by atoms with E-state index in [0.717, 1.165) is 12.8 Å². The van der Waals surface area contributed by atoms with E-state index in [4.69, 9.17) is 0 Å². The zero-order valence-electron chi connectivity index (χ0n) is 14.2. The van der Waals surface area contributed by atoms with Crippen molar-refractivity contribution in [2.24, 2.45) is 11.3 Å². The first kappa shape index (κ1) is 19.4. The topological polar surface area (TPSA) is 101 Å². The average Bonchev–Trinajstić information content (AvgIpc) is 3.33. The molecule has 2 N–H and O–H groups in total. The van der Waals surface area contributed by atoms with Crippen LogP contribution in [0.5, 0.6) is 0 Å². The first-order chi connectivity index (χ1) is 11.0. The van der Waals surface area contributed by atoms with Crippen LogP contribution < -0.4 is 4.72 Å². The first-order valence-corrected chi connectivity index (χ1v) is 11.2. The number of aliphatic hydroxyl groups excluding tert-OH is 1. The van der Waals surface area contributed by atoms with Crippen molar-refractivity contribution in [1.82, 2.24) is 4.72 Å². The van der Waals surface area contributed by atoms with Crippen molar-refractivity contribution in [2.75, 3.05) is 12.3 Å². The van der Waals surface area contributed by atoms with Crippen LogP contribution in [0, 0.1) is 11.3 Å². The summed E-state index contributed by atoms with van der Waals surface area (Å²) in [4.78, 5) is 0.130. The molecule has 0 amide bonds. The van der Waals surface area contributed by atoms with Crippen LogP contribution in [0.3, 0.4) is 0 Å². The lowest BCUT2D eigenvalue weighted by Gasteiger charge is -2.25. The van der Waals surface area contributed by atoms with Gasteiger partial charge in [-0.25, -0.2) is 21.6 Å². The molecule has 0 heterocycles. The van der Waals surface area contributed by atoms with Crippen molar-refractivity contribution in [3.05, 3.63) is 24.3 Å². The zero-order chi connectivity index (χ0) is 18.2. The summed E-state index contributed by atoms with van der Waals surface area (Å²) in [5, 5.41) is 10.2. The number of benzene rings is 1. The van der Waals surface area contributed by atoms with Gasteiger partial charge in [-0.2, -0.15) is 0 Å². The van der Waals surface area contributed by atoms with Gasteiger partial charge in [-0.15, -0.1) is 0 Å². The van der Waals surface area contributed by atoms with Crippen molar-refractivity contribution >= 4 is 19.9 Å². The fourth-order valence-corrected chi connectivity index (χ4v) is 4.78. The maximum absolute atomic E-state index is 12.4. The molecule has 6 nitrogen and oxygen atoms in total. The van der Waals surface area contributed by atoms with E-state index in [-0.39, 0.29) is 33.4 Å². The fourth-order valence-electron chi connectivity index (χ4n) is 2.76. The SMILES string of the molecule is CCS(=O)(=O)c1ccc(S(=O)(=O)NCC2(C(O)C(C)C)CC2)cc1. The van der Waals surface area contributed by atoms with Crippen LogP contribution in [0.25, 0.3) is 0 Å². The van der Waals surface area contributed by atoms with E-state index in [1.165, 1.54) is 31.2 Å². The van der Waals surface area contributed by atoms with Crippen LogP contribution in [0.2, 0.25) is 0 Å². The standard InChI is InChI=1S/C16H25NO5S2/c1-4-23(19,20)13-5-7-14(8-6-13)24(21,22)17-11-16(9-10-16)15(18)12(2)3/h5-8,12,15,17-18H,4,9-11H2,1-3H3. The van der Waals surface area contributed by atoms with Crippen LogP contribution in [0.15, 0.2) is 34.1 Å². The number of sulfone groups is 1. The molecular formula is C16H25NO5S2. The molecule has 1 aliphatic rings. The van der Waals surface area contributed by atoms with Crippen molar-refractivity contribution in [1.29, 1.82) is 0 Å². The summed E-state index contributed by atoms with van der Waals surface area (Å²) >= 11 is 0. The van der Waals surface area contributed by atoms with E-state index in [1.807, 2.05) is 13.8 Å². The molecule has 1 unspecified atom stereocenters. The maximum atomic E-state index is 12.4. The molecule has 0 saturated heterocycles. The Kier molecular flexibility index (Phi) is 5.44. The van der Waals surface area contributed by atoms with Crippen LogP contribution in [0.1, 0.15) is 33.6 Å². The van der Waals surface area contributed by atoms with Gasteiger partial charge in [0.25, 0.3) is 0 Å². The molecule has 0 radical (unpaired) electrons. The molecular weight excluding hydrogens is 350 g/mol. The van der Waals surface area contributed by atoms with Crippen LogP contribution in [-0.4, -0.2) is 40.3 Å². The van der Waals surface area contributed by atoms with Crippen molar-refractivity contribution in [3.8, 4) is 0 Å². The normalized spacial score (nSPS) is 18.5. The largest absolute Gasteiger partial charge is 0.392 e. The number of nitrogens with one attached hydrogen (secondary N) is 1. The Morgan fingerprint density at radius 3 is 2.00 bits per heavy atom. The first-order valence-electron chi connectivity index (χ1n) is 8.05. The lowest BCUT2D eigenvalue weighted by molar-refractivity contribution is 0.0529. The van der Waals surface area contributed by atoms with E-state index in [1.54, 1.807) is 0 Å². The lowest BCUT2D eigenvalue weighted by Crippen LogP contribution is -2.38. The lowest BCUT2D eigenvalue weighted by atomic mass is 9.91. The Balaban J connectivity index is 2.11. The molecule has 136 valence electrons. The van der Waals surface area contributed by atoms with E-state index in [2.05, 4.69) is 4.72 Å². The molecule has 1 atom stereocenters. The van der Waals surface area contributed by atoms with Gasteiger partial charge in [-0.3, -0.25) is 0 Å². The molecule has 1 fully saturated rings. The quantitative estimate of drug-likeness (QED) is 0.718. The van der Waals surface area contributed by atoms with Gasteiger partial charge in [0.15, 0.2) is 9.84 Å². The Labute approximate surface area is 144 Å². The predicted molar refractivity (Wildman–Crippen MR) is 91.9 cm³/mol. The maximum Gasteiger partial charge on any atom is 0.240 e. The average molecular weight is 376 g/mol. The highest BCUT2D eigenvalue weighted by atomic mass is 32.2. The van der Waals surface area contributed by atoms with E-state index < -0.39 is 26.0 Å². The highest BCUT2D eigenvalue weighted by molar-refractivity contribution is 7.91. The second kappa shape index (κ2) is 6.74. The molecule has 1 aliphatic carbocycles. The Morgan fingerprint density at radius 1 is 1.08 bits per heavy atom. The third-order valence-corrected chi connectivity index (χ3v) is 7.81. The zero-order valence-corrected chi connectivity index (χ0v) is 15.8.